The van der Waals surface area contributed by atoms with Crippen LogP contribution < -0.4 is 9.47 Å². The van der Waals surface area contributed by atoms with Crippen LogP contribution in [0.4, 0.5) is 0 Å². The Morgan fingerprint density at radius 1 is 1.38 bits per heavy atom. The molecular formula is C9H6ClNO2. The summed E-state index contributed by atoms with van der Waals surface area (Å²) in [4.78, 5) is 0. The quantitative estimate of drug-likeness (QED) is 0.646. The number of nitrogens with zero attached hydrogens (tertiary/aromatic N) is 1. The van der Waals surface area contributed by atoms with Crippen molar-refractivity contribution in [3.05, 3.63) is 23.8 Å². The van der Waals surface area contributed by atoms with Crippen molar-refractivity contribution in [2.24, 2.45) is 0 Å². The summed E-state index contributed by atoms with van der Waals surface area (Å²) in [5.74, 6) is 1.35. The summed E-state index contributed by atoms with van der Waals surface area (Å²) in [6, 6.07) is 7.18. The highest BCUT2D eigenvalue weighted by molar-refractivity contribution is 6.22. The van der Waals surface area contributed by atoms with E-state index in [2.05, 4.69) is 0 Å². The number of nitriles is 1. The molecule has 3 nitrogen and oxygen atoms in total. The van der Waals surface area contributed by atoms with Gasteiger partial charge in [-0.25, -0.2) is 0 Å². The summed E-state index contributed by atoms with van der Waals surface area (Å²) >= 11 is 5.73. The highest BCUT2D eigenvalue weighted by Crippen LogP contribution is 2.35. The van der Waals surface area contributed by atoms with E-state index < -0.39 is 5.38 Å². The Kier molecular flexibility index (Phi) is 1.99. The molecule has 2 rings (SSSR count). The van der Waals surface area contributed by atoms with Crippen LogP contribution in [0, 0.1) is 11.3 Å². The lowest BCUT2D eigenvalue weighted by Gasteiger charge is -2.01. The second-order valence-electron chi connectivity index (χ2n) is 2.60. The SMILES string of the molecule is N#C[C@@H](Cl)c1ccc2c(c1)OCO2. The molecule has 1 heterocycles. The van der Waals surface area contributed by atoms with Gasteiger partial charge >= 0.3 is 0 Å². The fourth-order valence-electron chi connectivity index (χ4n) is 1.15. The van der Waals surface area contributed by atoms with Crippen LogP contribution in [-0.4, -0.2) is 6.79 Å². The third-order valence-corrected chi connectivity index (χ3v) is 2.15. The van der Waals surface area contributed by atoms with Gasteiger partial charge in [0.05, 0.1) is 6.07 Å². The molecule has 0 aromatic heterocycles. The van der Waals surface area contributed by atoms with Crippen LogP contribution in [0.15, 0.2) is 18.2 Å². The molecule has 0 N–H and O–H groups in total. The van der Waals surface area contributed by atoms with Crippen molar-refractivity contribution in [2.75, 3.05) is 6.79 Å². The summed E-state index contributed by atoms with van der Waals surface area (Å²) in [5.41, 5.74) is 0.730. The van der Waals surface area contributed by atoms with Crippen LogP contribution in [0.3, 0.4) is 0 Å². The van der Waals surface area contributed by atoms with Gasteiger partial charge in [-0.3, -0.25) is 0 Å². The lowest BCUT2D eigenvalue weighted by atomic mass is 10.1. The fraction of sp³-hybridized carbons (Fsp3) is 0.222. The van der Waals surface area contributed by atoms with Gasteiger partial charge in [-0.2, -0.15) is 5.26 Å². The van der Waals surface area contributed by atoms with Crippen molar-refractivity contribution >= 4 is 11.6 Å². The first-order valence-corrected chi connectivity index (χ1v) is 4.18. The van der Waals surface area contributed by atoms with Crippen LogP contribution in [0.5, 0.6) is 11.5 Å². The van der Waals surface area contributed by atoms with Crippen LogP contribution in [-0.2, 0) is 0 Å². The normalized spacial score (nSPS) is 15.1. The van der Waals surface area contributed by atoms with E-state index in [-0.39, 0.29) is 6.79 Å². The molecule has 66 valence electrons. The highest BCUT2D eigenvalue weighted by atomic mass is 35.5. The fourth-order valence-corrected chi connectivity index (χ4v) is 1.28. The molecular weight excluding hydrogens is 190 g/mol. The first-order chi connectivity index (χ1) is 6.31. The Bertz CT molecular complexity index is 372. The lowest BCUT2D eigenvalue weighted by molar-refractivity contribution is 0.174. The molecule has 4 heteroatoms. The number of hydrogen-bond acceptors (Lipinski definition) is 3. The predicted molar refractivity (Wildman–Crippen MR) is 46.8 cm³/mol. The minimum absolute atomic E-state index is 0.234. The molecule has 13 heavy (non-hydrogen) atoms. The predicted octanol–water partition coefficient (Wildman–Crippen LogP) is 2.22. The van der Waals surface area contributed by atoms with Gasteiger partial charge in [0.2, 0.25) is 6.79 Å². The first-order valence-electron chi connectivity index (χ1n) is 3.74. The number of alkyl halides is 1. The molecule has 1 aromatic carbocycles. The molecule has 0 aliphatic carbocycles. The number of rotatable bonds is 1. The van der Waals surface area contributed by atoms with Crippen LogP contribution in [0.1, 0.15) is 10.9 Å². The Balaban J connectivity index is 2.37. The van der Waals surface area contributed by atoms with E-state index in [0.717, 1.165) is 5.56 Å². The molecule has 0 fully saturated rings. The molecule has 1 aromatic rings. The van der Waals surface area contributed by atoms with E-state index in [1.807, 2.05) is 6.07 Å². The Morgan fingerprint density at radius 3 is 2.92 bits per heavy atom. The van der Waals surface area contributed by atoms with Crippen LogP contribution >= 0.6 is 11.6 Å². The van der Waals surface area contributed by atoms with Gasteiger partial charge in [0.15, 0.2) is 11.5 Å². The van der Waals surface area contributed by atoms with E-state index in [1.165, 1.54) is 0 Å². The van der Waals surface area contributed by atoms with Gasteiger partial charge in [0, 0.05) is 0 Å². The number of benzene rings is 1. The lowest BCUT2D eigenvalue weighted by Crippen LogP contribution is -1.93. The largest absolute Gasteiger partial charge is 0.454 e. The van der Waals surface area contributed by atoms with Gasteiger partial charge in [0.25, 0.3) is 0 Å². The zero-order valence-corrected chi connectivity index (χ0v) is 7.41. The van der Waals surface area contributed by atoms with Crippen LogP contribution in [0.25, 0.3) is 0 Å². The topological polar surface area (TPSA) is 42.2 Å². The third kappa shape index (κ3) is 1.41. The minimum Gasteiger partial charge on any atom is -0.454 e. The highest BCUT2D eigenvalue weighted by Gasteiger charge is 2.15. The van der Waals surface area contributed by atoms with Gasteiger partial charge in [-0.1, -0.05) is 6.07 Å². The Hall–Kier alpha value is -1.40. The number of hydrogen-bond donors (Lipinski definition) is 0. The summed E-state index contributed by atoms with van der Waals surface area (Å²) < 4.78 is 10.3. The molecule has 1 atom stereocenters. The summed E-state index contributed by atoms with van der Waals surface area (Å²) in [7, 11) is 0. The molecule has 0 radical (unpaired) electrons. The average molecular weight is 196 g/mol. The van der Waals surface area contributed by atoms with Crippen molar-refractivity contribution < 1.29 is 9.47 Å². The summed E-state index contributed by atoms with van der Waals surface area (Å²) in [5, 5.41) is 7.95. The van der Waals surface area contributed by atoms with Gasteiger partial charge in [-0.05, 0) is 17.7 Å². The van der Waals surface area contributed by atoms with Crippen LogP contribution in [0.2, 0.25) is 0 Å². The number of ether oxygens (including phenoxy) is 2. The zero-order chi connectivity index (χ0) is 9.26. The molecule has 0 spiro atoms. The summed E-state index contributed by atoms with van der Waals surface area (Å²) in [6.45, 7) is 0.234. The summed E-state index contributed by atoms with van der Waals surface area (Å²) in [6.07, 6.45) is 0. The monoisotopic (exact) mass is 195 g/mol. The third-order valence-electron chi connectivity index (χ3n) is 1.80. The van der Waals surface area contributed by atoms with E-state index in [4.69, 9.17) is 26.3 Å². The molecule has 0 saturated heterocycles. The maximum atomic E-state index is 8.58. The van der Waals surface area contributed by atoms with E-state index in [1.54, 1.807) is 18.2 Å². The second kappa shape index (κ2) is 3.15. The number of halogens is 1. The van der Waals surface area contributed by atoms with Gasteiger partial charge < -0.3 is 9.47 Å². The van der Waals surface area contributed by atoms with Crippen molar-refractivity contribution in [1.82, 2.24) is 0 Å². The molecule has 0 bridgehead atoms. The molecule has 1 aliphatic rings. The van der Waals surface area contributed by atoms with Crippen molar-refractivity contribution in [3.63, 3.8) is 0 Å². The smallest absolute Gasteiger partial charge is 0.231 e. The molecule has 0 unspecified atom stereocenters. The Labute approximate surface area is 80.4 Å². The average Bonchev–Trinajstić information content (AvgIpc) is 2.63. The second-order valence-corrected chi connectivity index (χ2v) is 3.04. The van der Waals surface area contributed by atoms with E-state index in [0.29, 0.717) is 11.5 Å². The number of fused-ring (bicyclic) bond motifs is 1. The van der Waals surface area contributed by atoms with Crippen molar-refractivity contribution in [3.8, 4) is 17.6 Å². The zero-order valence-electron chi connectivity index (χ0n) is 6.66. The van der Waals surface area contributed by atoms with Crippen molar-refractivity contribution in [2.45, 2.75) is 5.38 Å². The maximum absolute atomic E-state index is 8.58. The van der Waals surface area contributed by atoms with E-state index in [9.17, 15) is 0 Å². The van der Waals surface area contributed by atoms with E-state index >= 15 is 0 Å². The maximum Gasteiger partial charge on any atom is 0.231 e. The molecule has 0 saturated carbocycles. The Morgan fingerprint density at radius 2 is 2.15 bits per heavy atom. The van der Waals surface area contributed by atoms with Crippen molar-refractivity contribution in [1.29, 1.82) is 5.26 Å². The van der Waals surface area contributed by atoms with Gasteiger partial charge in [0.1, 0.15) is 5.38 Å². The molecule has 1 aliphatic heterocycles. The molecule has 0 amide bonds. The van der Waals surface area contributed by atoms with Gasteiger partial charge in [-0.15, -0.1) is 11.6 Å². The standard InChI is InChI=1S/C9H6ClNO2/c10-7(4-11)6-1-2-8-9(3-6)13-5-12-8/h1-3,7H,5H2/t7-/m1/s1. The first kappa shape index (κ1) is 8.21. The minimum atomic E-state index is -0.630.